The largest absolute Gasteiger partial charge is 0.322 e. The Kier molecular flexibility index (Phi) is 2.78. The fraction of sp³-hybridized carbons (Fsp3) is 0.214. The molecule has 1 aromatic heterocycles. The van der Waals surface area contributed by atoms with Crippen LogP contribution in [0, 0.1) is 18.3 Å². The minimum Gasteiger partial charge on any atom is -0.322 e. The van der Waals surface area contributed by atoms with Gasteiger partial charge in [-0.15, -0.1) is 0 Å². The summed E-state index contributed by atoms with van der Waals surface area (Å²) in [6, 6.07) is 10.3. The zero-order chi connectivity index (χ0) is 11.5. The lowest BCUT2D eigenvalue weighted by atomic mass is 10.1. The van der Waals surface area contributed by atoms with Crippen molar-refractivity contribution < 1.29 is 0 Å². The summed E-state index contributed by atoms with van der Waals surface area (Å²) in [6.45, 7) is 4.24. The van der Waals surface area contributed by atoms with E-state index in [1.54, 1.807) is 0 Å². The van der Waals surface area contributed by atoms with Crippen LogP contribution in [0.25, 0.3) is 5.69 Å². The maximum atomic E-state index is 8.83. The van der Waals surface area contributed by atoms with Gasteiger partial charge in [0.2, 0.25) is 0 Å². The van der Waals surface area contributed by atoms with Crippen molar-refractivity contribution in [2.24, 2.45) is 0 Å². The van der Waals surface area contributed by atoms with E-state index in [4.69, 9.17) is 5.26 Å². The van der Waals surface area contributed by atoms with Crippen LogP contribution < -0.4 is 0 Å². The van der Waals surface area contributed by atoms with E-state index in [9.17, 15) is 0 Å². The van der Waals surface area contributed by atoms with Crippen molar-refractivity contribution in [1.82, 2.24) is 4.57 Å². The molecule has 0 amide bonds. The highest BCUT2D eigenvalue weighted by Gasteiger charge is 2.06. The standard InChI is InChI=1S/C14H14N2/c1-3-13-6-4-5-11(2)14(13)16-8-7-12(9-15)10-16/h4-8,10H,3H2,1-2H3. The molecule has 0 fully saturated rings. The van der Waals surface area contributed by atoms with Crippen LogP contribution in [0.15, 0.2) is 36.7 Å². The molecule has 0 aliphatic carbocycles. The molecule has 1 aromatic carbocycles. The summed E-state index contributed by atoms with van der Waals surface area (Å²) in [6.07, 6.45) is 4.82. The van der Waals surface area contributed by atoms with Crippen molar-refractivity contribution in [3.05, 3.63) is 53.3 Å². The third-order valence-electron chi connectivity index (χ3n) is 2.78. The van der Waals surface area contributed by atoms with Crippen LogP contribution in [0.5, 0.6) is 0 Å². The molecule has 0 saturated heterocycles. The normalized spacial score (nSPS) is 10.1. The second-order valence-corrected chi connectivity index (χ2v) is 3.86. The molecule has 0 spiro atoms. The summed E-state index contributed by atoms with van der Waals surface area (Å²) < 4.78 is 2.03. The smallest absolute Gasteiger partial charge is 0.101 e. The second-order valence-electron chi connectivity index (χ2n) is 3.86. The topological polar surface area (TPSA) is 28.7 Å². The molecule has 2 heteroatoms. The number of hydrogen-bond acceptors (Lipinski definition) is 1. The Hall–Kier alpha value is -2.01. The number of nitrogens with zero attached hydrogens (tertiary/aromatic N) is 2. The Morgan fingerprint density at radius 3 is 2.75 bits per heavy atom. The average Bonchev–Trinajstić information content (AvgIpc) is 2.76. The highest BCUT2D eigenvalue weighted by atomic mass is 14.9. The van der Waals surface area contributed by atoms with Crippen molar-refractivity contribution in [2.75, 3.05) is 0 Å². The van der Waals surface area contributed by atoms with Crippen LogP contribution in [-0.4, -0.2) is 4.57 Å². The first-order valence-corrected chi connectivity index (χ1v) is 5.43. The van der Waals surface area contributed by atoms with Gasteiger partial charge in [0, 0.05) is 12.4 Å². The summed E-state index contributed by atoms with van der Waals surface area (Å²) in [5.41, 5.74) is 4.44. The molecule has 0 aliphatic heterocycles. The first-order valence-electron chi connectivity index (χ1n) is 5.43. The predicted octanol–water partition coefficient (Wildman–Crippen LogP) is 3.22. The molecule has 0 atom stereocenters. The number of rotatable bonds is 2. The van der Waals surface area contributed by atoms with Gasteiger partial charge in [-0.1, -0.05) is 25.1 Å². The van der Waals surface area contributed by atoms with Gasteiger partial charge in [-0.2, -0.15) is 5.26 Å². The number of aromatic nitrogens is 1. The van der Waals surface area contributed by atoms with E-state index >= 15 is 0 Å². The van der Waals surface area contributed by atoms with Crippen molar-refractivity contribution in [3.63, 3.8) is 0 Å². The van der Waals surface area contributed by atoms with E-state index in [0.717, 1.165) is 6.42 Å². The third-order valence-corrected chi connectivity index (χ3v) is 2.78. The molecule has 16 heavy (non-hydrogen) atoms. The first-order chi connectivity index (χ1) is 7.76. The molecule has 2 rings (SSSR count). The lowest BCUT2D eigenvalue weighted by molar-refractivity contribution is 1.000. The molecule has 0 aliphatic rings. The van der Waals surface area contributed by atoms with Gasteiger partial charge in [0.25, 0.3) is 0 Å². The minimum atomic E-state index is 0.699. The van der Waals surface area contributed by atoms with Crippen LogP contribution in [-0.2, 0) is 6.42 Å². The average molecular weight is 210 g/mol. The summed E-state index contributed by atoms with van der Waals surface area (Å²) in [5.74, 6) is 0. The third kappa shape index (κ3) is 1.72. The van der Waals surface area contributed by atoms with Crippen molar-refractivity contribution >= 4 is 0 Å². The highest BCUT2D eigenvalue weighted by Crippen LogP contribution is 2.20. The number of aryl methyl sites for hydroxylation is 2. The predicted molar refractivity (Wildman–Crippen MR) is 64.6 cm³/mol. The van der Waals surface area contributed by atoms with E-state index in [1.165, 1.54) is 16.8 Å². The van der Waals surface area contributed by atoms with E-state index in [2.05, 4.69) is 38.1 Å². The lowest BCUT2D eigenvalue weighted by Gasteiger charge is -2.12. The molecule has 1 heterocycles. The molecule has 0 N–H and O–H groups in total. The molecule has 2 aromatic rings. The monoisotopic (exact) mass is 210 g/mol. The SMILES string of the molecule is CCc1cccc(C)c1-n1ccc(C#N)c1. The van der Waals surface area contributed by atoms with Gasteiger partial charge in [-0.25, -0.2) is 0 Å². The Morgan fingerprint density at radius 2 is 2.12 bits per heavy atom. The van der Waals surface area contributed by atoms with Gasteiger partial charge < -0.3 is 4.57 Å². The number of nitriles is 1. The van der Waals surface area contributed by atoms with E-state index in [0.29, 0.717) is 5.56 Å². The van der Waals surface area contributed by atoms with Gasteiger partial charge in [-0.3, -0.25) is 0 Å². The maximum absolute atomic E-state index is 8.83. The van der Waals surface area contributed by atoms with Gasteiger partial charge in [0.15, 0.2) is 0 Å². The fourth-order valence-corrected chi connectivity index (χ4v) is 1.98. The lowest BCUT2D eigenvalue weighted by Crippen LogP contribution is -1.99. The van der Waals surface area contributed by atoms with Crippen LogP contribution in [0.2, 0.25) is 0 Å². The first kappa shape index (κ1) is 10.5. The van der Waals surface area contributed by atoms with Crippen LogP contribution in [0.1, 0.15) is 23.6 Å². The zero-order valence-electron chi connectivity index (χ0n) is 9.57. The number of hydrogen-bond donors (Lipinski definition) is 0. The minimum absolute atomic E-state index is 0.699. The van der Waals surface area contributed by atoms with Crippen molar-refractivity contribution in [2.45, 2.75) is 20.3 Å². The quantitative estimate of drug-likeness (QED) is 0.748. The van der Waals surface area contributed by atoms with Crippen molar-refractivity contribution in [1.29, 1.82) is 5.26 Å². The Balaban J connectivity index is 2.59. The Bertz CT molecular complexity index is 544. The molecule has 0 unspecified atom stereocenters. The highest BCUT2D eigenvalue weighted by molar-refractivity contribution is 5.49. The van der Waals surface area contributed by atoms with Gasteiger partial charge >= 0.3 is 0 Å². The molecular weight excluding hydrogens is 196 g/mol. The fourth-order valence-electron chi connectivity index (χ4n) is 1.98. The maximum Gasteiger partial charge on any atom is 0.101 e. The van der Waals surface area contributed by atoms with Crippen LogP contribution >= 0.6 is 0 Å². The van der Waals surface area contributed by atoms with Gasteiger partial charge in [0.1, 0.15) is 6.07 Å². The molecule has 0 bridgehead atoms. The van der Waals surface area contributed by atoms with Gasteiger partial charge in [-0.05, 0) is 30.5 Å². The molecule has 2 nitrogen and oxygen atoms in total. The summed E-state index contributed by atoms with van der Waals surface area (Å²) in [7, 11) is 0. The number of benzene rings is 1. The molecule has 80 valence electrons. The summed E-state index contributed by atoms with van der Waals surface area (Å²) in [5, 5.41) is 8.83. The number of para-hydroxylation sites is 1. The summed E-state index contributed by atoms with van der Waals surface area (Å²) >= 11 is 0. The molecule has 0 saturated carbocycles. The van der Waals surface area contributed by atoms with Gasteiger partial charge in [0.05, 0.1) is 11.3 Å². The van der Waals surface area contributed by atoms with E-state index < -0.39 is 0 Å². The molecular formula is C14H14N2. The summed E-state index contributed by atoms with van der Waals surface area (Å²) in [4.78, 5) is 0. The zero-order valence-corrected chi connectivity index (χ0v) is 9.57. The van der Waals surface area contributed by atoms with E-state index in [-0.39, 0.29) is 0 Å². The molecule has 0 radical (unpaired) electrons. The van der Waals surface area contributed by atoms with Crippen LogP contribution in [0.4, 0.5) is 0 Å². The van der Waals surface area contributed by atoms with E-state index in [1.807, 2.05) is 23.0 Å². The van der Waals surface area contributed by atoms with Crippen molar-refractivity contribution in [3.8, 4) is 11.8 Å². The Morgan fingerprint density at radius 1 is 1.31 bits per heavy atom. The second kappa shape index (κ2) is 4.24. The van der Waals surface area contributed by atoms with Crippen LogP contribution in [0.3, 0.4) is 0 Å². The Labute approximate surface area is 95.8 Å².